The van der Waals surface area contributed by atoms with Crippen molar-refractivity contribution in [3.63, 3.8) is 0 Å². The van der Waals surface area contributed by atoms with Gasteiger partial charge in [-0.05, 0) is 66.5 Å². The van der Waals surface area contributed by atoms with Gasteiger partial charge in [0, 0.05) is 0 Å². The number of hydrogen-bond donors (Lipinski definition) is 0. The molecule has 4 aromatic rings. The summed E-state index contributed by atoms with van der Waals surface area (Å²) in [6, 6.07) is 29.8. The van der Waals surface area contributed by atoms with Gasteiger partial charge in [0.15, 0.2) is 0 Å². The van der Waals surface area contributed by atoms with Gasteiger partial charge in [-0.1, -0.05) is 164 Å². The zero-order valence-electron chi connectivity index (χ0n) is 27.4. The molecule has 0 radical (unpaired) electrons. The van der Waals surface area contributed by atoms with Crippen molar-refractivity contribution < 1.29 is 0 Å². The Balaban J connectivity index is 1.83. The van der Waals surface area contributed by atoms with Crippen LogP contribution in [0.5, 0.6) is 0 Å². The number of fused-ring (bicyclic) bond motifs is 10. The largest absolute Gasteiger partial charge is 0.0776 e. The summed E-state index contributed by atoms with van der Waals surface area (Å²) in [4.78, 5) is 0. The quantitative estimate of drug-likeness (QED) is 0.181. The highest BCUT2D eigenvalue weighted by Gasteiger charge is 2.53. The molecule has 2 heteroatoms. The fourth-order valence-corrected chi connectivity index (χ4v) is 9.42. The molecular weight excluding hydrogens is 525 g/mol. The molecule has 0 amide bonds. The number of hydrogen-bond acceptors (Lipinski definition) is 0. The molecule has 2 aliphatic carbocycles. The van der Waals surface area contributed by atoms with Crippen LogP contribution in [0.25, 0.3) is 22.3 Å². The van der Waals surface area contributed by atoms with Crippen molar-refractivity contribution >= 4 is 26.5 Å². The maximum absolute atomic E-state index is 2.63. The average molecular weight is 573 g/mol. The van der Waals surface area contributed by atoms with Gasteiger partial charge in [0.1, 0.15) is 0 Å². The molecule has 0 saturated heterocycles. The van der Waals surface area contributed by atoms with Crippen LogP contribution in [0.15, 0.2) is 72.8 Å². The second kappa shape index (κ2) is 8.67. The monoisotopic (exact) mass is 572 g/mol. The van der Waals surface area contributed by atoms with E-state index in [2.05, 4.69) is 154 Å². The predicted molar refractivity (Wildman–Crippen MR) is 186 cm³/mol. The van der Waals surface area contributed by atoms with Crippen LogP contribution >= 0.6 is 0 Å². The van der Waals surface area contributed by atoms with Crippen molar-refractivity contribution in [3.8, 4) is 22.3 Å². The summed E-state index contributed by atoms with van der Waals surface area (Å²) in [6.07, 6.45) is 0. The molecule has 4 aromatic carbocycles. The Bertz CT molecular complexity index is 1450. The molecule has 0 aliphatic heterocycles. The van der Waals surface area contributed by atoms with Crippen molar-refractivity contribution in [1.29, 1.82) is 0 Å². The maximum atomic E-state index is 2.63. The zero-order chi connectivity index (χ0) is 29.9. The lowest BCUT2D eigenvalue weighted by Crippen LogP contribution is -2.40. The van der Waals surface area contributed by atoms with Crippen molar-refractivity contribution in [1.82, 2.24) is 0 Å². The van der Waals surface area contributed by atoms with E-state index in [4.69, 9.17) is 0 Å². The van der Waals surface area contributed by atoms with Gasteiger partial charge < -0.3 is 0 Å². The Morgan fingerprint density at radius 2 is 0.707 bits per heavy atom. The van der Waals surface area contributed by atoms with E-state index in [1.165, 1.54) is 55.6 Å². The van der Waals surface area contributed by atoms with Gasteiger partial charge in [0.25, 0.3) is 0 Å². The third kappa shape index (κ3) is 4.20. The van der Waals surface area contributed by atoms with Gasteiger partial charge in [-0.15, -0.1) is 0 Å². The molecule has 0 fully saturated rings. The topological polar surface area (TPSA) is 0 Å². The molecule has 0 N–H and O–H groups in total. The molecular formula is C39H48Si2. The van der Waals surface area contributed by atoms with Crippen LogP contribution in [0, 0.1) is 0 Å². The number of rotatable bonds is 2. The lowest BCUT2D eigenvalue weighted by atomic mass is 9.69. The van der Waals surface area contributed by atoms with Crippen LogP contribution in [-0.4, -0.2) is 16.1 Å². The Hall–Kier alpha value is -2.69. The first-order chi connectivity index (χ1) is 18.8. The van der Waals surface area contributed by atoms with Crippen molar-refractivity contribution in [2.45, 2.75) is 97.1 Å². The highest BCUT2D eigenvalue weighted by Crippen LogP contribution is 2.63. The molecule has 0 unspecified atom stereocenters. The molecule has 212 valence electrons. The standard InChI is InChI=1S/C39H48Si2/c1-37(2,3)25-13-17-29-30-18-14-26(38(4,5)6)22-34(30)39(33(29)21-25)35-23-27(40(7,8)9)15-19-31(35)32-20-16-28(24-36(32)39)41(10,11)12/h13-24H,1-12H3. The van der Waals surface area contributed by atoms with Crippen molar-refractivity contribution in [2.24, 2.45) is 0 Å². The van der Waals surface area contributed by atoms with E-state index < -0.39 is 16.1 Å². The van der Waals surface area contributed by atoms with E-state index in [1.807, 2.05) is 0 Å². The minimum Gasteiger partial charge on any atom is -0.0656 e. The van der Waals surface area contributed by atoms with E-state index in [-0.39, 0.29) is 16.2 Å². The minimum atomic E-state index is -1.55. The lowest BCUT2D eigenvalue weighted by molar-refractivity contribution is 0.586. The van der Waals surface area contributed by atoms with E-state index in [9.17, 15) is 0 Å². The summed E-state index contributed by atoms with van der Waals surface area (Å²) in [7, 11) is -3.09. The first kappa shape index (κ1) is 28.4. The Morgan fingerprint density at radius 3 is 1.00 bits per heavy atom. The highest BCUT2D eigenvalue weighted by molar-refractivity contribution is 6.89. The molecule has 1 spiro atoms. The van der Waals surface area contributed by atoms with E-state index >= 15 is 0 Å². The van der Waals surface area contributed by atoms with Crippen LogP contribution in [0.2, 0.25) is 39.3 Å². The van der Waals surface area contributed by atoms with Gasteiger partial charge in [-0.2, -0.15) is 0 Å². The van der Waals surface area contributed by atoms with Crippen LogP contribution < -0.4 is 10.4 Å². The van der Waals surface area contributed by atoms with Crippen molar-refractivity contribution in [3.05, 3.63) is 106 Å². The molecule has 0 nitrogen and oxygen atoms in total. The summed E-state index contributed by atoms with van der Waals surface area (Å²) >= 11 is 0. The molecule has 0 saturated carbocycles. The van der Waals surface area contributed by atoms with Crippen molar-refractivity contribution in [2.75, 3.05) is 0 Å². The summed E-state index contributed by atoms with van der Waals surface area (Å²) < 4.78 is 0. The summed E-state index contributed by atoms with van der Waals surface area (Å²) in [5.74, 6) is 0. The molecule has 6 rings (SSSR count). The Labute approximate surface area is 251 Å². The van der Waals surface area contributed by atoms with Crippen LogP contribution in [0.1, 0.15) is 74.9 Å². The first-order valence-electron chi connectivity index (χ1n) is 15.5. The van der Waals surface area contributed by atoms with Crippen LogP contribution in [0.3, 0.4) is 0 Å². The number of benzene rings is 4. The smallest absolute Gasteiger partial charge is 0.0656 e. The average Bonchev–Trinajstić information content (AvgIpc) is 3.32. The van der Waals surface area contributed by atoms with Gasteiger partial charge in [0.2, 0.25) is 0 Å². The van der Waals surface area contributed by atoms with Gasteiger partial charge in [-0.3, -0.25) is 0 Å². The zero-order valence-corrected chi connectivity index (χ0v) is 29.4. The molecule has 2 aliphatic rings. The fraction of sp³-hybridized carbons (Fsp3) is 0.385. The molecule has 0 bridgehead atoms. The third-order valence-corrected chi connectivity index (χ3v) is 13.8. The van der Waals surface area contributed by atoms with Crippen LogP contribution in [-0.2, 0) is 16.2 Å². The fourth-order valence-electron chi connectivity index (χ4n) is 7.09. The summed E-state index contributed by atoms with van der Waals surface area (Å²) in [6.45, 7) is 29.0. The van der Waals surface area contributed by atoms with Gasteiger partial charge in [-0.25, -0.2) is 0 Å². The normalized spacial score (nSPS) is 15.5. The van der Waals surface area contributed by atoms with Gasteiger partial charge >= 0.3 is 0 Å². The molecule has 0 heterocycles. The molecule has 0 atom stereocenters. The summed E-state index contributed by atoms with van der Waals surface area (Å²) in [5, 5.41) is 3.09. The lowest BCUT2D eigenvalue weighted by Gasteiger charge is -2.34. The summed E-state index contributed by atoms with van der Waals surface area (Å²) in [5.41, 5.74) is 14.3. The van der Waals surface area contributed by atoms with E-state index in [0.29, 0.717) is 0 Å². The Kier molecular flexibility index (Phi) is 6.02. The molecule has 0 aromatic heterocycles. The molecule has 41 heavy (non-hydrogen) atoms. The minimum absolute atomic E-state index is 0.0756. The second-order valence-corrected chi connectivity index (χ2v) is 26.9. The second-order valence-electron chi connectivity index (χ2n) is 16.8. The Morgan fingerprint density at radius 1 is 0.415 bits per heavy atom. The highest BCUT2D eigenvalue weighted by atomic mass is 28.3. The predicted octanol–water partition coefficient (Wildman–Crippen LogP) is 9.72. The van der Waals surface area contributed by atoms with Crippen LogP contribution in [0.4, 0.5) is 0 Å². The maximum Gasteiger partial charge on any atom is 0.0776 e. The third-order valence-electron chi connectivity index (χ3n) is 9.74. The van der Waals surface area contributed by atoms with Gasteiger partial charge in [0.05, 0.1) is 21.6 Å². The van der Waals surface area contributed by atoms with E-state index in [1.54, 1.807) is 10.4 Å². The SMILES string of the molecule is CC(C)(C)c1ccc2c(c1)C1(c3cc(C(C)(C)C)ccc3-2)c2cc([Si](C)(C)C)ccc2-c2ccc([Si](C)(C)C)cc21. The first-order valence-corrected chi connectivity index (χ1v) is 22.5. The van der Waals surface area contributed by atoms with E-state index in [0.717, 1.165) is 0 Å².